The van der Waals surface area contributed by atoms with Crippen molar-refractivity contribution >= 4 is 17.0 Å². The summed E-state index contributed by atoms with van der Waals surface area (Å²) in [7, 11) is 1.58. The van der Waals surface area contributed by atoms with Gasteiger partial charge in [0.1, 0.15) is 11.5 Å². The van der Waals surface area contributed by atoms with Crippen molar-refractivity contribution in [3.63, 3.8) is 0 Å². The monoisotopic (exact) mass is 274 g/mol. The van der Waals surface area contributed by atoms with Crippen LogP contribution in [0.2, 0.25) is 0 Å². The Labute approximate surface area is 115 Å². The highest BCUT2D eigenvalue weighted by molar-refractivity contribution is 7.10. The smallest absolute Gasteiger partial charge is 0.128 e. The molecule has 3 rings (SSSR count). The first-order valence-corrected chi connectivity index (χ1v) is 6.89. The summed E-state index contributed by atoms with van der Waals surface area (Å²) in [5.41, 5.74) is 4.75. The van der Waals surface area contributed by atoms with Crippen molar-refractivity contribution in [1.29, 1.82) is 0 Å². The van der Waals surface area contributed by atoms with E-state index in [1.165, 1.54) is 4.88 Å². The van der Waals surface area contributed by atoms with Crippen molar-refractivity contribution < 1.29 is 9.84 Å². The maximum absolute atomic E-state index is 10.0. The SMILES string of the molecule is COc1ccc(C2=NNC(c3cccs3)C2)c(O)c1. The molecule has 1 aliphatic rings. The standard InChI is InChI=1S/C14H14N2O2S/c1-18-9-4-5-10(13(17)7-9)11-8-12(16-15-11)14-3-2-6-19-14/h2-7,12,16-17H,8H2,1H3. The zero-order chi connectivity index (χ0) is 13.2. The molecule has 98 valence electrons. The van der Waals surface area contributed by atoms with Gasteiger partial charge in [-0.1, -0.05) is 6.07 Å². The first kappa shape index (κ1) is 12.0. The van der Waals surface area contributed by atoms with Gasteiger partial charge in [0.15, 0.2) is 0 Å². The Morgan fingerprint density at radius 3 is 3.00 bits per heavy atom. The summed E-state index contributed by atoms with van der Waals surface area (Å²) >= 11 is 1.71. The number of methoxy groups -OCH3 is 1. The van der Waals surface area contributed by atoms with Crippen molar-refractivity contribution in [2.75, 3.05) is 7.11 Å². The summed E-state index contributed by atoms with van der Waals surface area (Å²) in [6.45, 7) is 0. The number of phenols is 1. The number of nitrogens with one attached hydrogen (secondary N) is 1. The second kappa shape index (κ2) is 4.93. The minimum absolute atomic E-state index is 0.201. The molecule has 0 aliphatic carbocycles. The average Bonchev–Trinajstić information content (AvgIpc) is 3.09. The number of nitrogens with zero attached hydrogens (tertiary/aromatic N) is 1. The number of ether oxygens (including phenoxy) is 1. The molecule has 0 saturated heterocycles. The molecule has 0 spiro atoms. The van der Waals surface area contributed by atoms with Crippen molar-refractivity contribution in [2.24, 2.45) is 5.10 Å². The Kier molecular flexibility index (Phi) is 3.13. The predicted molar refractivity (Wildman–Crippen MR) is 76.0 cm³/mol. The first-order valence-electron chi connectivity index (χ1n) is 6.01. The van der Waals surface area contributed by atoms with Gasteiger partial charge in [-0.3, -0.25) is 0 Å². The summed E-state index contributed by atoms with van der Waals surface area (Å²) < 4.78 is 5.08. The van der Waals surface area contributed by atoms with Crippen LogP contribution in [0.4, 0.5) is 0 Å². The molecule has 19 heavy (non-hydrogen) atoms. The van der Waals surface area contributed by atoms with Gasteiger partial charge in [0.25, 0.3) is 0 Å². The topological polar surface area (TPSA) is 53.8 Å². The normalized spacial score (nSPS) is 17.9. The minimum atomic E-state index is 0.201. The molecule has 2 heterocycles. The molecule has 1 aromatic heterocycles. The van der Waals surface area contributed by atoms with E-state index in [4.69, 9.17) is 4.74 Å². The van der Waals surface area contributed by atoms with E-state index in [0.717, 1.165) is 17.7 Å². The van der Waals surface area contributed by atoms with Gasteiger partial charge < -0.3 is 15.3 Å². The van der Waals surface area contributed by atoms with Crippen LogP contribution in [0.1, 0.15) is 22.9 Å². The molecule has 2 aromatic rings. The maximum Gasteiger partial charge on any atom is 0.128 e. The summed E-state index contributed by atoms with van der Waals surface area (Å²) in [6.07, 6.45) is 0.778. The Hall–Kier alpha value is -2.01. The minimum Gasteiger partial charge on any atom is -0.507 e. The van der Waals surface area contributed by atoms with Crippen molar-refractivity contribution in [2.45, 2.75) is 12.5 Å². The fourth-order valence-corrected chi connectivity index (χ4v) is 2.92. The summed E-state index contributed by atoms with van der Waals surface area (Å²) in [6, 6.07) is 9.60. The van der Waals surface area contributed by atoms with E-state index < -0.39 is 0 Å². The van der Waals surface area contributed by atoms with Crippen LogP contribution in [0, 0.1) is 0 Å². The first-order chi connectivity index (χ1) is 9.28. The molecule has 2 N–H and O–H groups in total. The molecule has 4 nitrogen and oxygen atoms in total. The molecule has 1 atom stereocenters. The van der Waals surface area contributed by atoms with Crippen molar-refractivity contribution in [3.05, 3.63) is 46.2 Å². The van der Waals surface area contributed by atoms with Crippen LogP contribution in [0.15, 0.2) is 40.8 Å². The van der Waals surface area contributed by atoms with E-state index >= 15 is 0 Å². The third kappa shape index (κ3) is 2.29. The van der Waals surface area contributed by atoms with Gasteiger partial charge in [-0.2, -0.15) is 5.10 Å². The van der Waals surface area contributed by atoms with Gasteiger partial charge >= 0.3 is 0 Å². The molecule has 0 bridgehead atoms. The van der Waals surface area contributed by atoms with Crippen LogP contribution in [0.3, 0.4) is 0 Å². The van der Waals surface area contributed by atoms with E-state index in [1.807, 2.05) is 18.2 Å². The lowest BCUT2D eigenvalue weighted by molar-refractivity contribution is 0.407. The van der Waals surface area contributed by atoms with Gasteiger partial charge in [-0.25, -0.2) is 0 Å². The highest BCUT2D eigenvalue weighted by Crippen LogP contribution is 2.31. The van der Waals surface area contributed by atoms with Gasteiger partial charge in [0.05, 0.1) is 18.9 Å². The van der Waals surface area contributed by atoms with E-state index in [1.54, 1.807) is 24.5 Å². The van der Waals surface area contributed by atoms with Crippen LogP contribution in [0.5, 0.6) is 11.5 Å². The van der Waals surface area contributed by atoms with Gasteiger partial charge in [0, 0.05) is 22.9 Å². The second-order valence-electron chi connectivity index (χ2n) is 4.34. The molecule has 1 aliphatic heterocycles. The number of hydrogen-bond donors (Lipinski definition) is 2. The van der Waals surface area contributed by atoms with Crippen molar-refractivity contribution in [1.82, 2.24) is 5.43 Å². The van der Waals surface area contributed by atoms with Crippen molar-refractivity contribution in [3.8, 4) is 11.5 Å². The van der Waals surface area contributed by atoms with Crippen LogP contribution in [-0.4, -0.2) is 17.9 Å². The van der Waals surface area contributed by atoms with E-state index in [-0.39, 0.29) is 11.8 Å². The van der Waals surface area contributed by atoms with E-state index in [0.29, 0.717) is 5.75 Å². The zero-order valence-corrected chi connectivity index (χ0v) is 11.3. The molecular weight excluding hydrogens is 260 g/mol. The molecule has 1 aromatic carbocycles. The van der Waals surface area contributed by atoms with Gasteiger partial charge in [-0.05, 0) is 23.6 Å². The van der Waals surface area contributed by atoms with Crippen LogP contribution < -0.4 is 10.2 Å². The number of hydrazone groups is 1. The molecular formula is C14H14N2O2S. The molecule has 0 amide bonds. The van der Waals surface area contributed by atoms with E-state index in [2.05, 4.69) is 22.0 Å². The van der Waals surface area contributed by atoms with Gasteiger partial charge in [-0.15, -0.1) is 11.3 Å². The highest BCUT2D eigenvalue weighted by atomic mass is 32.1. The second-order valence-corrected chi connectivity index (χ2v) is 5.32. The van der Waals surface area contributed by atoms with Crippen LogP contribution in [0.25, 0.3) is 0 Å². The number of rotatable bonds is 3. The molecule has 0 radical (unpaired) electrons. The Bertz CT molecular complexity index is 608. The lowest BCUT2D eigenvalue weighted by Gasteiger charge is -2.08. The Balaban J connectivity index is 1.81. The fraction of sp³-hybridized carbons (Fsp3) is 0.214. The van der Waals surface area contributed by atoms with Gasteiger partial charge in [0.2, 0.25) is 0 Å². The number of thiophene rings is 1. The molecule has 0 saturated carbocycles. The summed E-state index contributed by atoms with van der Waals surface area (Å²) in [5, 5.41) is 16.4. The summed E-state index contributed by atoms with van der Waals surface area (Å²) in [5.74, 6) is 0.842. The lowest BCUT2D eigenvalue weighted by atomic mass is 10.0. The largest absolute Gasteiger partial charge is 0.507 e. The zero-order valence-electron chi connectivity index (χ0n) is 10.5. The third-order valence-electron chi connectivity index (χ3n) is 3.16. The lowest BCUT2D eigenvalue weighted by Crippen LogP contribution is -2.07. The highest BCUT2D eigenvalue weighted by Gasteiger charge is 2.23. The number of phenolic OH excluding ortho intramolecular Hbond substituents is 1. The number of hydrogen-bond acceptors (Lipinski definition) is 5. The summed E-state index contributed by atoms with van der Waals surface area (Å²) in [4.78, 5) is 1.26. The Morgan fingerprint density at radius 2 is 2.32 bits per heavy atom. The quantitative estimate of drug-likeness (QED) is 0.905. The maximum atomic E-state index is 10.0. The Morgan fingerprint density at radius 1 is 1.42 bits per heavy atom. The molecule has 0 fully saturated rings. The fourth-order valence-electron chi connectivity index (χ4n) is 2.15. The third-order valence-corrected chi connectivity index (χ3v) is 4.14. The number of aromatic hydroxyl groups is 1. The molecule has 1 unspecified atom stereocenters. The molecule has 5 heteroatoms. The predicted octanol–water partition coefficient (Wildman–Crippen LogP) is 2.90. The van der Waals surface area contributed by atoms with Crippen LogP contribution in [-0.2, 0) is 0 Å². The number of benzene rings is 1. The average molecular weight is 274 g/mol. The van der Waals surface area contributed by atoms with Crippen LogP contribution >= 0.6 is 11.3 Å². The van der Waals surface area contributed by atoms with E-state index in [9.17, 15) is 5.11 Å².